The maximum atomic E-state index is 10.5. The van der Waals surface area contributed by atoms with Gasteiger partial charge >= 0.3 is 0 Å². The summed E-state index contributed by atoms with van der Waals surface area (Å²) in [7, 11) is 0. The summed E-state index contributed by atoms with van der Waals surface area (Å²) < 4.78 is 12.0. The van der Waals surface area contributed by atoms with Crippen LogP contribution in [0.3, 0.4) is 0 Å². The van der Waals surface area contributed by atoms with Gasteiger partial charge in [-0.15, -0.1) is 0 Å². The first kappa shape index (κ1) is 20.3. The number of halogens is 2. The Morgan fingerprint density at radius 1 is 1.14 bits per heavy atom. The van der Waals surface area contributed by atoms with E-state index in [1.807, 2.05) is 27.7 Å². The summed E-state index contributed by atoms with van der Waals surface area (Å²) in [5, 5.41) is 30.4. The van der Waals surface area contributed by atoms with Crippen LogP contribution < -0.4 is 0 Å². The first-order valence-corrected chi connectivity index (χ1v) is 9.63. The second kappa shape index (κ2) is 7.89. The lowest BCUT2D eigenvalue weighted by atomic mass is 9.71. The third-order valence-corrected chi connectivity index (χ3v) is 6.00. The van der Waals surface area contributed by atoms with Crippen molar-refractivity contribution >= 4 is 45.2 Å². The number of hydrogen-bond acceptors (Lipinski definition) is 5. The van der Waals surface area contributed by atoms with E-state index in [1.54, 1.807) is 0 Å². The molecule has 1 rings (SSSR count). The maximum absolute atomic E-state index is 10.5. The zero-order chi connectivity index (χ0) is 16.4. The molecule has 5 atom stereocenters. The van der Waals surface area contributed by atoms with E-state index in [-0.39, 0.29) is 21.4 Å². The molecule has 5 unspecified atom stereocenters. The Labute approximate surface area is 154 Å². The molecule has 0 saturated carbocycles. The highest BCUT2D eigenvalue weighted by atomic mass is 127. The van der Waals surface area contributed by atoms with Crippen molar-refractivity contribution in [2.75, 3.05) is 17.6 Å². The van der Waals surface area contributed by atoms with Crippen LogP contribution in [0.15, 0.2) is 0 Å². The maximum Gasteiger partial charge on any atom is 0.186 e. The first-order chi connectivity index (χ1) is 9.53. The van der Waals surface area contributed by atoms with Gasteiger partial charge in [-0.3, -0.25) is 0 Å². The molecule has 1 saturated heterocycles. The second-order valence-electron chi connectivity index (χ2n) is 6.88. The van der Waals surface area contributed by atoms with Crippen molar-refractivity contribution < 1.29 is 24.8 Å². The van der Waals surface area contributed by atoms with Crippen molar-refractivity contribution in [3.63, 3.8) is 0 Å². The molecule has 1 aliphatic heterocycles. The van der Waals surface area contributed by atoms with Crippen LogP contribution in [-0.4, -0.2) is 61.0 Å². The van der Waals surface area contributed by atoms with Gasteiger partial charge in [0, 0.05) is 13.8 Å². The van der Waals surface area contributed by atoms with Gasteiger partial charge in [-0.2, -0.15) is 0 Å². The van der Waals surface area contributed by atoms with E-state index < -0.39 is 24.6 Å². The fourth-order valence-corrected chi connectivity index (χ4v) is 3.25. The Morgan fingerprint density at radius 3 is 2.14 bits per heavy atom. The fraction of sp³-hybridized carbons (Fsp3) is 1.00. The van der Waals surface area contributed by atoms with Crippen molar-refractivity contribution in [3.8, 4) is 0 Å². The predicted octanol–water partition coefficient (Wildman–Crippen LogP) is 1.73. The molecule has 0 aromatic heterocycles. The van der Waals surface area contributed by atoms with E-state index in [0.29, 0.717) is 6.61 Å². The molecule has 21 heavy (non-hydrogen) atoms. The summed E-state index contributed by atoms with van der Waals surface area (Å²) in [5.41, 5.74) is -0.262. The topological polar surface area (TPSA) is 79.2 Å². The molecule has 0 bridgehead atoms. The van der Waals surface area contributed by atoms with Gasteiger partial charge < -0.3 is 24.8 Å². The standard InChI is InChI=1S/C14H26I2O5/c1-13(2,6-15)9-8(5-17)21-12(11(19)10(9)18)20-7-14(3,4)16/h8-12,17-19H,5-7H2,1-4H3. The first-order valence-electron chi connectivity index (χ1n) is 7.02. The molecule has 3 N–H and O–H groups in total. The predicted molar refractivity (Wildman–Crippen MR) is 98.0 cm³/mol. The van der Waals surface area contributed by atoms with Crippen molar-refractivity contribution in [1.82, 2.24) is 0 Å². The Kier molecular flexibility index (Phi) is 7.63. The zero-order valence-corrected chi connectivity index (χ0v) is 17.2. The summed E-state index contributed by atoms with van der Waals surface area (Å²) in [6.07, 6.45) is -3.55. The van der Waals surface area contributed by atoms with E-state index in [4.69, 9.17) is 9.47 Å². The van der Waals surface area contributed by atoms with Crippen LogP contribution in [0, 0.1) is 11.3 Å². The third kappa shape index (κ3) is 5.39. The molecule has 0 amide bonds. The Balaban J connectivity index is 2.85. The van der Waals surface area contributed by atoms with Crippen molar-refractivity contribution in [3.05, 3.63) is 0 Å². The molecule has 5 nitrogen and oxygen atoms in total. The summed E-state index contributed by atoms with van der Waals surface area (Å²) in [6.45, 7) is 8.19. The van der Waals surface area contributed by atoms with Gasteiger partial charge in [0.1, 0.15) is 6.10 Å². The number of ether oxygens (including phenoxy) is 2. The number of rotatable bonds is 6. The van der Waals surface area contributed by atoms with E-state index >= 15 is 0 Å². The van der Waals surface area contributed by atoms with Crippen LogP contribution >= 0.6 is 45.2 Å². The number of aliphatic hydroxyl groups excluding tert-OH is 3. The lowest BCUT2D eigenvalue weighted by molar-refractivity contribution is -0.301. The van der Waals surface area contributed by atoms with Gasteiger partial charge in [-0.1, -0.05) is 59.0 Å². The molecule has 0 spiro atoms. The molecule has 1 fully saturated rings. The Bertz CT molecular complexity index is 330. The average Bonchev–Trinajstić information content (AvgIpc) is 2.38. The van der Waals surface area contributed by atoms with E-state index in [2.05, 4.69) is 45.2 Å². The number of hydrogen-bond donors (Lipinski definition) is 3. The monoisotopic (exact) mass is 528 g/mol. The summed E-state index contributed by atoms with van der Waals surface area (Å²) in [5.74, 6) is -0.345. The molecule has 1 aliphatic rings. The van der Waals surface area contributed by atoms with Crippen molar-refractivity contribution in [2.24, 2.45) is 11.3 Å². The molecule has 7 heteroatoms. The summed E-state index contributed by atoms with van der Waals surface area (Å²) in [4.78, 5) is 0. The van der Waals surface area contributed by atoms with E-state index in [1.165, 1.54) is 0 Å². The fourth-order valence-electron chi connectivity index (χ4n) is 2.56. The van der Waals surface area contributed by atoms with E-state index in [9.17, 15) is 15.3 Å². The van der Waals surface area contributed by atoms with Crippen LogP contribution in [0.4, 0.5) is 0 Å². The molecule has 126 valence electrons. The van der Waals surface area contributed by atoms with Crippen LogP contribution in [0.25, 0.3) is 0 Å². The molecule has 0 aliphatic carbocycles. The second-order valence-corrected chi connectivity index (χ2v) is 10.6. The lowest BCUT2D eigenvalue weighted by Crippen LogP contribution is -2.60. The molecule has 0 aromatic rings. The molecular weight excluding hydrogens is 502 g/mol. The van der Waals surface area contributed by atoms with Gasteiger partial charge in [0.25, 0.3) is 0 Å². The largest absolute Gasteiger partial charge is 0.394 e. The molecule has 0 radical (unpaired) electrons. The zero-order valence-electron chi connectivity index (χ0n) is 12.9. The van der Waals surface area contributed by atoms with Gasteiger partial charge in [0.2, 0.25) is 0 Å². The quantitative estimate of drug-likeness (QED) is 0.362. The highest BCUT2D eigenvalue weighted by Gasteiger charge is 2.50. The highest BCUT2D eigenvalue weighted by molar-refractivity contribution is 14.1. The minimum atomic E-state index is -1.11. The Hall–Kier alpha value is 1.26. The third-order valence-electron chi connectivity index (χ3n) is 3.72. The van der Waals surface area contributed by atoms with Crippen LogP contribution in [0.5, 0.6) is 0 Å². The summed E-state index contributed by atoms with van der Waals surface area (Å²) in [6, 6.07) is 0. The van der Waals surface area contributed by atoms with Gasteiger partial charge in [0.05, 0.1) is 25.4 Å². The molecule has 1 heterocycles. The van der Waals surface area contributed by atoms with Crippen LogP contribution in [-0.2, 0) is 9.47 Å². The summed E-state index contributed by atoms with van der Waals surface area (Å²) >= 11 is 4.49. The van der Waals surface area contributed by atoms with Crippen molar-refractivity contribution in [1.29, 1.82) is 0 Å². The van der Waals surface area contributed by atoms with Crippen LogP contribution in [0.2, 0.25) is 0 Å². The van der Waals surface area contributed by atoms with E-state index in [0.717, 1.165) is 4.43 Å². The average molecular weight is 528 g/mol. The van der Waals surface area contributed by atoms with Gasteiger partial charge in [-0.05, 0) is 19.3 Å². The van der Waals surface area contributed by atoms with Gasteiger partial charge in [0.15, 0.2) is 6.29 Å². The smallest absolute Gasteiger partial charge is 0.186 e. The normalized spacial score (nSPS) is 35.0. The lowest BCUT2D eigenvalue weighted by Gasteiger charge is -2.48. The van der Waals surface area contributed by atoms with Crippen LogP contribution in [0.1, 0.15) is 27.7 Å². The number of aliphatic hydroxyl groups is 3. The Morgan fingerprint density at radius 2 is 1.71 bits per heavy atom. The minimum Gasteiger partial charge on any atom is -0.394 e. The van der Waals surface area contributed by atoms with Crippen molar-refractivity contribution in [2.45, 2.75) is 55.7 Å². The SMILES string of the molecule is CC(C)(I)COC1OC(CO)C(C(C)(C)CI)C(O)C1O. The number of alkyl halides is 2. The van der Waals surface area contributed by atoms with Gasteiger partial charge in [-0.25, -0.2) is 0 Å². The highest BCUT2D eigenvalue weighted by Crippen LogP contribution is 2.40. The minimum absolute atomic E-state index is 0.0984. The molecule has 0 aromatic carbocycles. The molecular formula is C14H26I2O5.